The standard InChI is InChI=1S/C24H21N3O3/c1-15-10-21(27-30-15)24-19(14-28-2)23-18-11-17(29-13-16-6-4-3-5-7-16)8-9-20(18)26-22(23)12-25-24/h3-12,26H,13-14H2,1-2H3. The molecule has 0 saturated carbocycles. The fourth-order valence-corrected chi connectivity index (χ4v) is 3.75. The first-order chi connectivity index (χ1) is 14.7. The Balaban J connectivity index is 1.62. The van der Waals surface area contributed by atoms with Crippen molar-refractivity contribution >= 4 is 21.8 Å². The maximum Gasteiger partial charge on any atom is 0.134 e. The van der Waals surface area contributed by atoms with Gasteiger partial charge in [0.05, 0.1) is 24.0 Å². The first-order valence-electron chi connectivity index (χ1n) is 9.75. The van der Waals surface area contributed by atoms with Crippen LogP contribution in [0.5, 0.6) is 5.75 Å². The minimum Gasteiger partial charge on any atom is -0.489 e. The molecule has 0 aliphatic rings. The number of hydrogen-bond acceptors (Lipinski definition) is 5. The molecule has 150 valence electrons. The van der Waals surface area contributed by atoms with Crippen LogP contribution in [-0.4, -0.2) is 22.2 Å². The number of benzene rings is 2. The van der Waals surface area contributed by atoms with Crippen LogP contribution in [-0.2, 0) is 18.0 Å². The summed E-state index contributed by atoms with van der Waals surface area (Å²) in [6.07, 6.45) is 1.83. The predicted octanol–water partition coefficient (Wildman–Crippen LogP) is 5.40. The van der Waals surface area contributed by atoms with Crippen LogP contribution in [0, 0.1) is 6.92 Å². The van der Waals surface area contributed by atoms with Gasteiger partial charge in [-0.3, -0.25) is 4.98 Å². The van der Waals surface area contributed by atoms with E-state index in [1.165, 1.54) is 0 Å². The summed E-state index contributed by atoms with van der Waals surface area (Å²) >= 11 is 0. The Kier molecular flexibility index (Phi) is 4.69. The molecule has 0 saturated heterocycles. The summed E-state index contributed by atoms with van der Waals surface area (Å²) in [5.74, 6) is 1.55. The molecule has 0 radical (unpaired) electrons. The zero-order valence-corrected chi connectivity index (χ0v) is 16.8. The first-order valence-corrected chi connectivity index (χ1v) is 9.75. The van der Waals surface area contributed by atoms with E-state index in [9.17, 15) is 0 Å². The Hall–Kier alpha value is -3.64. The van der Waals surface area contributed by atoms with E-state index < -0.39 is 0 Å². The molecule has 30 heavy (non-hydrogen) atoms. The molecule has 3 aromatic heterocycles. The maximum absolute atomic E-state index is 6.05. The van der Waals surface area contributed by atoms with E-state index in [-0.39, 0.29) is 0 Å². The lowest BCUT2D eigenvalue weighted by molar-refractivity contribution is 0.186. The number of nitrogens with zero attached hydrogens (tertiary/aromatic N) is 2. The molecule has 0 unspecified atom stereocenters. The summed E-state index contributed by atoms with van der Waals surface area (Å²) in [6, 6.07) is 18.1. The van der Waals surface area contributed by atoms with E-state index >= 15 is 0 Å². The van der Waals surface area contributed by atoms with E-state index in [1.54, 1.807) is 7.11 Å². The Morgan fingerprint density at radius 2 is 1.87 bits per heavy atom. The van der Waals surface area contributed by atoms with Crippen molar-refractivity contribution in [1.29, 1.82) is 0 Å². The van der Waals surface area contributed by atoms with Crippen molar-refractivity contribution in [2.24, 2.45) is 0 Å². The molecular formula is C24H21N3O3. The van der Waals surface area contributed by atoms with E-state index in [0.29, 0.717) is 18.9 Å². The number of methoxy groups -OCH3 is 1. The molecule has 0 aliphatic carbocycles. The van der Waals surface area contributed by atoms with Crippen LogP contribution in [0.1, 0.15) is 16.9 Å². The molecule has 6 nitrogen and oxygen atoms in total. The van der Waals surface area contributed by atoms with Crippen molar-refractivity contribution in [1.82, 2.24) is 15.1 Å². The van der Waals surface area contributed by atoms with Crippen LogP contribution in [0.2, 0.25) is 0 Å². The molecule has 0 bridgehead atoms. The Bertz CT molecular complexity index is 1320. The van der Waals surface area contributed by atoms with Crippen molar-refractivity contribution in [2.75, 3.05) is 7.11 Å². The highest BCUT2D eigenvalue weighted by atomic mass is 16.5. The highest BCUT2D eigenvalue weighted by molar-refractivity contribution is 6.10. The van der Waals surface area contributed by atoms with Crippen molar-refractivity contribution < 1.29 is 14.0 Å². The fraction of sp³-hybridized carbons (Fsp3) is 0.167. The van der Waals surface area contributed by atoms with Gasteiger partial charge in [-0.2, -0.15) is 0 Å². The van der Waals surface area contributed by atoms with Crippen molar-refractivity contribution in [3.05, 3.63) is 77.7 Å². The Labute approximate surface area is 173 Å². The molecule has 2 aromatic carbocycles. The van der Waals surface area contributed by atoms with Gasteiger partial charge in [0.25, 0.3) is 0 Å². The summed E-state index contributed by atoms with van der Waals surface area (Å²) in [6.45, 7) is 2.80. The molecule has 0 amide bonds. The minimum absolute atomic E-state index is 0.410. The van der Waals surface area contributed by atoms with E-state index in [2.05, 4.69) is 33.3 Å². The second-order valence-corrected chi connectivity index (χ2v) is 7.24. The lowest BCUT2D eigenvalue weighted by Gasteiger charge is -2.09. The molecule has 0 aliphatic heterocycles. The summed E-state index contributed by atoms with van der Waals surface area (Å²) < 4.78 is 16.8. The monoisotopic (exact) mass is 399 g/mol. The average molecular weight is 399 g/mol. The minimum atomic E-state index is 0.410. The lowest BCUT2D eigenvalue weighted by atomic mass is 10.0. The highest BCUT2D eigenvalue weighted by Crippen LogP contribution is 2.35. The van der Waals surface area contributed by atoms with E-state index in [0.717, 1.165) is 50.1 Å². The number of aromatic nitrogens is 3. The smallest absolute Gasteiger partial charge is 0.134 e. The molecule has 5 aromatic rings. The van der Waals surface area contributed by atoms with Crippen LogP contribution in [0.3, 0.4) is 0 Å². The van der Waals surface area contributed by atoms with Gasteiger partial charge >= 0.3 is 0 Å². The van der Waals surface area contributed by atoms with E-state index in [1.807, 2.05) is 49.5 Å². The topological polar surface area (TPSA) is 73.2 Å². The molecule has 1 N–H and O–H groups in total. The van der Waals surface area contributed by atoms with Gasteiger partial charge in [0.15, 0.2) is 0 Å². The number of aryl methyl sites for hydroxylation is 1. The molecule has 0 spiro atoms. The number of pyridine rings is 1. The molecular weight excluding hydrogens is 378 g/mol. The Morgan fingerprint density at radius 1 is 1.00 bits per heavy atom. The first kappa shape index (κ1) is 18.4. The SMILES string of the molecule is COCc1c(-c2cc(C)on2)ncc2[nH]c3ccc(OCc4ccccc4)cc3c12. The highest BCUT2D eigenvalue weighted by Gasteiger charge is 2.18. The van der Waals surface area contributed by atoms with Gasteiger partial charge in [-0.25, -0.2) is 0 Å². The quantitative estimate of drug-likeness (QED) is 0.414. The fourth-order valence-electron chi connectivity index (χ4n) is 3.75. The number of hydrogen-bond donors (Lipinski definition) is 1. The Morgan fingerprint density at radius 3 is 2.63 bits per heavy atom. The van der Waals surface area contributed by atoms with E-state index in [4.69, 9.17) is 14.0 Å². The number of rotatable bonds is 6. The van der Waals surface area contributed by atoms with Gasteiger partial charge in [-0.1, -0.05) is 35.5 Å². The number of H-pyrrole nitrogens is 1. The maximum atomic E-state index is 6.05. The number of ether oxygens (including phenoxy) is 2. The molecule has 0 atom stereocenters. The zero-order valence-electron chi connectivity index (χ0n) is 16.8. The summed E-state index contributed by atoms with van der Waals surface area (Å²) in [7, 11) is 1.68. The summed E-state index contributed by atoms with van der Waals surface area (Å²) in [5.41, 5.74) is 5.52. The van der Waals surface area contributed by atoms with Gasteiger partial charge in [0, 0.05) is 35.0 Å². The van der Waals surface area contributed by atoms with Gasteiger partial charge in [-0.05, 0) is 30.7 Å². The van der Waals surface area contributed by atoms with Crippen LogP contribution in [0.4, 0.5) is 0 Å². The van der Waals surface area contributed by atoms with Crippen molar-refractivity contribution in [3.8, 4) is 17.1 Å². The van der Waals surface area contributed by atoms with Crippen LogP contribution in [0.25, 0.3) is 33.2 Å². The normalized spacial score (nSPS) is 11.4. The second-order valence-electron chi connectivity index (χ2n) is 7.24. The zero-order chi connectivity index (χ0) is 20.5. The van der Waals surface area contributed by atoms with Gasteiger partial charge < -0.3 is 19.0 Å². The number of aromatic amines is 1. The summed E-state index contributed by atoms with van der Waals surface area (Å²) in [5, 5.41) is 6.27. The third kappa shape index (κ3) is 3.31. The largest absolute Gasteiger partial charge is 0.489 e. The van der Waals surface area contributed by atoms with Gasteiger partial charge in [0.1, 0.15) is 23.8 Å². The summed E-state index contributed by atoms with van der Waals surface area (Å²) in [4.78, 5) is 8.08. The van der Waals surface area contributed by atoms with Crippen molar-refractivity contribution in [3.63, 3.8) is 0 Å². The molecule has 6 heteroatoms. The van der Waals surface area contributed by atoms with Crippen LogP contribution < -0.4 is 4.74 Å². The molecule has 5 rings (SSSR count). The third-order valence-corrected chi connectivity index (χ3v) is 5.12. The average Bonchev–Trinajstić information content (AvgIpc) is 3.36. The molecule has 3 heterocycles. The lowest BCUT2D eigenvalue weighted by Crippen LogP contribution is -1.97. The number of fused-ring (bicyclic) bond motifs is 3. The van der Waals surface area contributed by atoms with Crippen molar-refractivity contribution in [2.45, 2.75) is 20.1 Å². The van der Waals surface area contributed by atoms with Gasteiger partial charge in [0.2, 0.25) is 0 Å². The third-order valence-electron chi connectivity index (χ3n) is 5.12. The van der Waals surface area contributed by atoms with Gasteiger partial charge in [-0.15, -0.1) is 0 Å². The second kappa shape index (κ2) is 7.65. The number of nitrogens with one attached hydrogen (secondary N) is 1. The van der Waals surface area contributed by atoms with Crippen LogP contribution >= 0.6 is 0 Å². The van der Waals surface area contributed by atoms with Crippen LogP contribution in [0.15, 0.2) is 65.3 Å². The molecule has 0 fully saturated rings. The predicted molar refractivity (Wildman–Crippen MR) is 115 cm³/mol.